The van der Waals surface area contributed by atoms with Gasteiger partial charge in [-0.15, -0.1) is 17.0 Å². The minimum atomic E-state index is -2.64. The third-order valence-corrected chi connectivity index (χ3v) is 10.4. The van der Waals surface area contributed by atoms with E-state index in [1.165, 1.54) is 34.1 Å². The molecule has 4 nitrogen and oxygen atoms in total. The Labute approximate surface area is 192 Å². The molecule has 6 heteroatoms. The van der Waals surface area contributed by atoms with Crippen LogP contribution in [0.2, 0.25) is 0 Å². The molecule has 158 valence electrons. The summed E-state index contributed by atoms with van der Waals surface area (Å²) < 4.78 is 0. The number of non-ortho nitro benzene ring substituents is 1. The predicted octanol–water partition coefficient (Wildman–Crippen LogP) is 5.10. The van der Waals surface area contributed by atoms with Gasteiger partial charge in [-0.3, -0.25) is 0 Å². The van der Waals surface area contributed by atoms with Crippen molar-refractivity contribution >= 4 is 45.8 Å². The molecule has 4 aromatic rings. The van der Waals surface area contributed by atoms with Gasteiger partial charge in [0.15, 0.2) is 0 Å². The minimum absolute atomic E-state index is 0. The molecule has 0 aliphatic heterocycles. The molecule has 0 heterocycles. The first-order valence-electron chi connectivity index (χ1n) is 9.74. The predicted molar refractivity (Wildman–Crippen MR) is 135 cm³/mol. The summed E-state index contributed by atoms with van der Waals surface area (Å²) in [4.78, 5) is 11.0. The molecule has 0 fully saturated rings. The van der Waals surface area contributed by atoms with E-state index in [0.29, 0.717) is 11.7 Å². The normalized spacial score (nSPS) is 11.4. The molecule has 0 spiro atoms. The van der Waals surface area contributed by atoms with Crippen LogP contribution in [0.4, 0.5) is 5.69 Å². The van der Waals surface area contributed by atoms with Crippen molar-refractivity contribution in [2.75, 3.05) is 0 Å². The van der Waals surface area contributed by atoms with Gasteiger partial charge in [-0.2, -0.15) is 0 Å². The molecule has 0 aliphatic rings. The standard InChI is InChI=1S/C25H22NO3P.BrH/c27-25-17-16-21(26(28)29)18-20(25)19-30(22-10-4-1-5-11-22,23-12-6-2-7-13-23)24-14-8-3-9-15-24;/h1-18,27,30H,19H2;1H. The third-order valence-electron chi connectivity index (χ3n) is 5.53. The molecule has 0 unspecified atom stereocenters. The number of nitro groups is 1. The summed E-state index contributed by atoms with van der Waals surface area (Å²) in [5.74, 6) is 0.0836. The number of aromatic hydroxyl groups is 1. The van der Waals surface area contributed by atoms with E-state index in [0.717, 1.165) is 0 Å². The van der Waals surface area contributed by atoms with E-state index < -0.39 is 12.2 Å². The first-order chi connectivity index (χ1) is 14.6. The van der Waals surface area contributed by atoms with E-state index in [-0.39, 0.29) is 28.4 Å². The number of halogens is 1. The summed E-state index contributed by atoms with van der Waals surface area (Å²) >= 11 is 0. The molecular formula is C25H23BrNO3P. The van der Waals surface area contributed by atoms with E-state index >= 15 is 0 Å². The Morgan fingerprint density at radius 1 is 0.710 bits per heavy atom. The Balaban J connectivity index is 0.00000272. The van der Waals surface area contributed by atoms with Gasteiger partial charge in [0, 0.05) is 0 Å². The van der Waals surface area contributed by atoms with E-state index in [2.05, 4.69) is 36.4 Å². The van der Waals surface area contributed by atoms with Crippen LogP contribution in [-0.4, -0.2) is 10.0 Å². The molecule has 0 atom stereocenters. The van der Waals surface area contributed by atoms with Crippen molar-refractivity contribution in [3.05, 3.63) is 125 Å². The molecule has 0 aromatic heterocycles. The molecule has 1 N–H and O–H groups in total. The summed E-state index contributed by atoms with van der Waals surface area (Å²) in [6.07, 6.45) is 0.512. The van der Waals surface area contributed by atoms with Crippen LogP contribution >= 0.6 is 24.2 Å². The fraction of sp³-hybridized carbons (Fsp3) is 0.0400. The monoisotopic (exact) mass is 495 g/mol. The fourth-order valence-electron chi connectivity index (χ4n) is 4.09. The number of hydrogen-bond acceptors (Lipinski definition) is 3. The van der Waals surface area contributed by atoms with E-state index in [9.17, 15) is 15.2 Å². The van der Waals surface area contributed by atoms with Crippen LogP contribution in [0.25, 0.3) is 0 Å². The van der Waals surface area contributed by atoms with Gasteiger partial charge in [0.2, 0.25) is 0 Å². The quantitative estimate of drug-likeness (QED) is 0.230. The van der Waals surface area contributed by atoms with Gasteiger partial charge in [0.05, 0.1) is 0 Å². The van der Waals surface area contributed by atoms with Crippen LogP contribution in [0.15, 0.2) is 109 Å². The molecule has 31 heavy (non-hydrogen) atoms. The van der Waals surface area contributed by atoms with Crippen molar-refractivity contribution in [3.63, 3.8) is 0 Å². The maximum absolute atomic E-state index is 11.4. The summed E-state index contributed by atoms with van der Waals surface area (Å²) in [7, 11) is -2.64. The molecule has 0 bridgehead atoms. The number of hydrogen-bond donors (Lipinski definition) is 1. The zero-order chi connectivity index (χ0) is 21.0. The SMILES string of the molecule is Br.O=[N+]([O-])c1ccc(O)c(C[PH](c2ccccc2)(c2ccccc2)c2ccccc2)c1. The van der Waals surface area contributed by atoms with Gasteiger partial charge in [-0.25, -0.2) is 0 Å². The van der Waals surface area contributed by atoms with Crippen LogP contribution in [0.3, 0.4) is 0 Å². The summed E-state index contributed by atoms with van der Waals surface area (Å²) in [5.41, 5.74) is 0.576. The van der Waals surface area contributed by atoms with Crippen molar-refractivity contribution < 1.29 is 10.0 Å². The zero-order valence-electron chi connectivity index (χ0n) is 16.7. The van der Waals surface area contributed by atoms with Crippen LogP contribution in [-0.2, 0) is 6.16 Å². The molecule has 0 saturated carbocycles. The van der Waals surface area contributed by atoms with E-state index in [1.54, 1.807) is 0 Å². The van der Waals surface area contributed by atoms with Crippen molar-refractivity contribution in [3.8, 4) is 5.75 Å². The van der Waals surface area contributed by atoms with Gasteiger partial charge in [-0.05, 0) is 0 Å². The number of nitrogens with zero attached hydrogens (tertiary/aromatic N) is 1. The molecule has 0 amide bonds. The Morgan fingerprint density at radius 3 is 1.52 bits per heavy atom. The second-order valence-electron chi connectivity index (χ2n) is 7.25. The van der Waals surface area contributed by atoms with E-state index in [1.807, 2.05) is 54.6 Å². The van der Waals surface area contributed by atoms with Gasteiger partial charge >= 0.3 is 176 Å². The van der Waals surface area contributed by atoms with Gasteiger partial charge in [0.25, 0.3) is 0 Å². The van der Waals surface area contributed by atoms with Crippen molar-refractivity contribution in [1.29, 1.82) is 0 Å². The molecule has 0 aliphatic carbocycles. The van der Waals surface area contributed by atoms with Crippen LogP contribution in [0.5, 0.6) is 5.75 Å². The second kappa shape index (κ2) is 9.86. The molecular weight excluding hydrogens is 473 g/mol. The molecule has 4 aromatic carbocycles. The Kier molecular flexibility index (Phi) is 7.21. The number of phenolic OH excluding ortho intramolecular Hbond substituents is 1. The Bertz CT molecular complexity index is 1060. The number of rotatable bonds is 6. The topological polar surface area (TPSA) is 63.4 Å². The van der Waals surface area contributed by atoms with Crippen molar-refractivity contribution in [2.24, 2.45) is 0 Å². The Morgan fingerprint density at radius 2 is 1.13 bits per heavy atom. The first kappa shape index (κ1) is 22.7. The van der Waals surface area contributed by atoms with Crippen LogP contribution < -0.4 is 15.9 Å². The second-order valence-corrected chi connectivity index (χ2v) is 11.1. The van der Waals surface area contributed by atoms with Crippen molar-refractivity contribution in [1.82, 2.24) is 0 Å². The third kappa shape index (κ3) is 4.53. The van der Waals surface area contributed by atoms with Gasteiger partial charge in [0.1, 0.15) is 0 Å². The molecule has 4 rings (SSSR count). The van der Waals surface area contributed by atoms with Gasteiger partial charge < -0.3 is 0 Å². The van der Waals surface area contributed by atoms with E-state index in [4.69, 9.17) is 0 Å². The average Bonchev–Trinajstić information content (AvgIpc) is 2.80. The molecule has 0 saturated heterocycles. The average molecular weight is 496 g/mol. The maximum atomic E-state index is 11.4. The number of phenols is 1. The first-order valence-corrected chi connectivity index (χ1v) is 11.9. The number of nitro benzene ring substituents is 1. The zero-order valence-corrected chi connectivity index (χ0v) is 19.4. The Hall–Kier alpha value is -3.01. The fourth-order valence-corrected chi connectivity index (χ4v) is 8.84. The number of benzene rings is 4. The van der Waals surface area contributed by atoms with Crippen LogP contribution in [0.1, 0.15) is 5.56 Å². The van der Waals surface area contributed by atoms with Crippen molar-refractivity contribution in [2.45, 2.75) is 6.16 Å². The van der Waals surface area contributed by atoms with Gasteiger partial charge in [-0.1, -0.05) is 0 Å². The summed E-state index contributed by atoms with van der Waals surface area (Å²) in [5, 5.41) is 25.6. The summed E-state index contributed by atoms with van der Waals surface area (Å²) in [6, 6.07) is 35.1. The molecule has 0 radical (unpaired) electrons. The van der Waals surface area contributed by atoms with Crippen LogP contribution in [0, 0.1) is 10.1 Å². The summed E-state index contributed by atoms with van der Waals surface area (Å²) in [6.45, 7) is 0.